The molecule has 10 heavy (non-hydrogen) atoms. The van der Waals surface area contributed by atoms with Gasteiger partial charge in [-0.15, -0.1) is 0 Å². The third kappa shape index (κ3) is 3.49. The highest BCUT2D eigenvalue weighted by Crippen LogP contribution is 2.05. The fourth-order valence-corrected chi connectivity index (χ4v) is 0.726. The average molecular weight is 143 g/mol. The van der Waals surface area contributed by atoms with Gasteiger partial charge in [-0.05, 0) is 20.3 Å². The quantitative estimate of drug-likeness (QED) is 0.561. The molecule has 1 radical (unpaired) electrons. The van der Waals surface area contributed by atoms with E-state index in [0.717, 1.165) is 12.8 Å². The zero-order chi connectivity index (χ0) is 7.98. The number of ether oxygens (including phenoxy) is 1. The van der Waals surface area contributed by atoms with Gasteiger partial charge in [-0.3, -0.25) is 4.79 Å². The highest BCUT2D eigenvalue weighted by atomic mass is 16.5. The summed E-state index contributed by atoms with van der Waals surface area (Å²) >= 11 is 0. The molecule has 0 rings (SSSR count). The maximum atomic E-state index is 10.8. The second kappa shape index (κ2) is 5.27. The van der Waals surface area contributed by atoms with E-state index in [-0.39, 0.29) is 11.9 Å². The predicted molar refractivity (Wildman–Crippen MR) is 40.4 cm³/mol. The predicted octanol–water partition coefficient (Wildman–Crippen LogP) is 1.80. The standard InChI is InChI=1S/C8H15O2/c1-4-6-7(3)8(9)10-5-2/h7H,3-6H2,1-2H3. The summed E-state index contributed by atoms with van der Waals surface area (Å²) in [6.07, 6.45) is 1.80. The molecule has 0 amide bonds. The number of carbonyl (C=O) groups excluding carboxylic acids is 1. The van der Waals surface area contributed by atoms with E-state index in [1.807, 2.05) is 6.92 Å². The summed E-state index contributed by atoms with van der Waals surface area (Å²) in [5.74, 6) is -0.352. The van der Waals surface area contributed by atoms with E-state index < -0.39 is 0 Å². The molecule has 0 aromatic rings. The van der Waals surface area contributed by atoms with Gasteiger partial charge in [0.2, 0.25) is 0 Å². The second-order valence-corrected chi connectivity index (χ2v) is 2.24. The number of hydrogen-bond donors (Lipinski definition) is 0. The monoisotopic (exact) mass is 143 g/mol. The van der Waals surface area contributed by atoms with Crippen molar-refractivity contribution in [2.45, 2.75) is 26.7 Å². The molecule has 2 nitrogen and oxygen atoms in total. The molecule has 0 aliphatic heterocycles. The van der Waals surface area contributed by atoms with Gasteiger partial charge < -0.3 is 4.74 Å². The van der Waals surface area contributed by atoms with E-state index in [1.54, 1.807) is 6.92 Å². The van der Waals surface area contributed by atoms with Crippen molar-refractivity contribution in [2.75, 3.05) is 6.61 Å². The molecule has 0 aliphatic rings. The molecular formula is C8H15O2. The molecule has 0 heterocycles. The van der Waals surface area contributed by atoms with Gasteiger partial charge in [0.25, 0.3) is 0 Å². The van der Waals surface area contributed by atoms with E-state index in [2.05, 4.69) is 6.92 Å². The van der Waals surface area contributed by atoms with Crippen molar-refractivity contribution in [1.82, 2.24) is 0 Å². The number of esters is 1. The number of rotatable bonds is 4. The molecule has 0 aliphatic carbocycles. The summed E-state index contributed by atoms with van der Waals surface area (Å²) in [4.78, 5) is 10.8. The molecule has 2 heteroatoms. The van der Waals surface area contributed by atoms with Crippen LogP contribution in [-0.2, 0) is 9.53 Å². The number of hydrogen-bond acceptors (Lipinski definition) is 2. The minimum atomic E-state index is -0.177. The zero-order valence-electron chi connectivity index (χ0n) is 6.72. The minimum Gasteiger partial charge on any atom is -0.466 e. The van der Waals surface area contributed by atoms with Crippen molar-refractivity contribution in [3.05, 3.63) is 6.92 Å². The SMILES string of the molecule is [CH2]C(CCC)C(=O)OCC. The Balaban J connectivity index is 3.49. The smallest absolute Gasteiger partial charge is 0.308 e. The summed E-state index contributed by atoms with van der Waals surface area (Å²) in [5.41, 5.74) is 0. The van der Waals surface area contributed by atoms with Crippen LogP contribution < -0.4 is 0 Å². The third-order valence-corrected chi connectivity index (χ3v) is 1.26. The van der Waals surface area contributed by atoms with Crippen molar-refractivity contribution in [2.24, 2.45) is 5.92 Å². The van der Waals surface area contributed by atoms with Crippen LogP contribution in [0.4, 0.5) is 0 Å². The molecule has 0 fully saturated rings. The van der Waals surface area contributed by atoms with Crippen LogP contribution in [0.25, 0.3) is 0 Å². The van der Waals surface area contributed by atoms with Crippen LogP contribution in [-0.4, -0.2) is 12.6 Å². The summed E-state index contributed by atoms with van der Waals surface area (Å²) in [7, 11) is 0. The Morgan fingerprint density at radius 2 is 2.20 bits per heavy atom. The first-order chi connectivity index (χ1) is 4.72. The molecular weight excluding hydrogens is 128 g/mol. The lowest BCUT2D eigenvalue weighted by Crippen LogP contribution is -2.14. The van der Waals surface area contributed by atoms with E-state index in [1.165, 1.54) is 0 Å². The fourth-order valence-electron chi connectivity index (χ4n) is 0.726. The highest BCUT2D eigenvalue weighted by molar-refractivity contribution is 5.72. The topological polar surface area (TPSA) is 26.3 Å². The molecule has 0 aromatic heterocycles. The Morgan fingerprint density at radius 3 is 2.60 bits per heavy atom. The lowest BCUT2D eigenvalue weighted by atomic mass is 10.1. The van der Waals surface area contributed by atoms with Crippen molar-refractivity contribution >= 4 is 5.97 Å². The van der Waals surface area contributed by atoms with Crippen molar-refractivity contribution in [1.29, 1.82) is 0 Å². The summed E-state index contributed by atoms with van der Waals surface area (Å²) in [5, 5.41) is 0. The highest BCUT2D eigenvalue weighted by Gasteiger charge is 2.11. The van der Waals surface area contributed by atoms with E-state index in [9.17, 15) is 4.79 Å². The lowest BCUT2D eigenvalue weighted by Gasteiger charge is -2.07. The Kier molecular flexibility index (Phi) is 4.99. The summed E-state index contributed by atoms with van der Waals surface area (Å²) in [6, 6.07) is 0. The van der Waals surface area contributed by atoms with E-state index >= 15 is 0 Å². The van der Waals surface area contributed by atoms with Crippen LogP contribution >= 0.6 is 0 Å². The second-order valence-electron chi connectivity index (χ2n) is 2.24. The first-order valence-electron chi connectivity index (χ1n) is 3.72. The molecule has 59 valence electrons. The van der Waals surface area contributed by atoms with Crippen LogP contribution in [0.1, 0.15) is 26.7 Å². The summed E-state index contributed by atoms with van der Waals surface area (Å²) < 4.78 is 4.75. The number of carbonyl (C=O) groups is 1. The normalized spacial score (nSPS) is 12.7. The van der Waals surface area contributed by atoms with Crippen molar-refractivity contribution in [3.8, 4) is 0 Å². The molecule has 1 atom stereocenters. The third-order valence-electron chi connectivity index (χ3n) is 1.26. The average Bonchev–Trinajstić information content (AvgIpc) is 1.89. The van der Waals surface area contributed by atoms with Crippen molar-refractivity contribution in [3.63, 3.8) is 0 Å². The molecule has 0 aromatic carbocycles. The van der Waals surface area contributed by atoms with E-state index in [0.29, 0.717) is 6.61 Å². The van der Waals surface area contributed by atoms with E-state index in [4.69, 9.17) is 4.74 Å². The van der Waals surface area contributed by atoms with Gasteiger partial charge in [-0.1, -0.05) is 13.3 Å². The Morgan fingerprint density at radius 1 is 1.60 bits per heavy atom. The zero-order valence-corrected chi connectivity index (χ0v) is 6.72. The maximum absolute atomic E-state index is 10.8. The molecule has 0 bridgehead atoms. The van der Waals surface area contributed by atoms with Crippen LogP contribution in [0.3, 0.4) is 0 Å². The van der Waals surface area contributed by atoms with Crippen LogP contribution in [0, 0.1) is 12.8 Å². The van der Waals surface area contributed by atoms with Gasteiger partial charge in [-0.25, -0.2) is 0 Å². The molecule has 0 saturated carbocycles. The molecule has 0 spiro atoms. The van der Waals surface area contributed by atoms with Gasteiger partial charge in [-0.2, -0.15) is 0 Å². The maximum Gasteiger partial charge on any atom is 0.308 e. The van der Waals surface area contributed by atoms with Gasteiger partial charge in [0.05, 0.1) is 12.5 Å². The van der Waals surface area contributed by atoms with Gasteiger partial charge in [0.1, 0.15) is 0 Å². The van der Waals surface area contributed by atoms with Crippen molar-refractivity contribution < 1.29 is 9.53 Å². The summed E-state index contributed by atoms with van der Waals surface area (Å²) in [6.45, 7) is 7.95. The minimum absolute atomic E-state index is 0.176. The Hall–Kier alpha value is -0.530. The Bertz CT molecular complexity index is 99.4. The largest absolute Gasteiger partial charge is 0.466 e. The van der Waals surface area contributed by atoms with Crippen LogP contribution in [0.15, 0.2) is 0 Å². The molecule has 1 unspecified atom stereocenters. The van der Waals surface area contributed by atoms with Gasteiger partial charge in [0.15, 0.2) is 0 Å². The van der Waals surface area contributed by atoms with Crippen LogP contribution in [0.5, 0.6) is 0 Å². The van der Waals surface area contributed by atoms with Crippen LogP contribution in [0.2, 0.25) is 0 Å². The molecule has 0 saturated heterocycles. The van der Waals surface area contributed by atoms with Gasteiger partial charge >= 0.3 is 5.97 Å². The first-order valence-corrected chi connectivity index (χ1v) is 3.72. The fraction of sp³-hybridized carbons (Fsp3) is 0.750. The van der Waals surface area contributed by atoms with Gasteiger partial charge in [0, 0.05) is 0 Å². The first kappa shape index (κ1) is 9.47. The molecule has 0 N–H and O–H groups in total. The lowest BCUT2D eigenvalue weighted by molar-refractivity contribution is -0.146. The Labute approximate surface area is 62.6 Å².